The number of rotatable bonds is 5. The first-order chi connectivity index (χ1) is 8.66. The Labute approximate surface area is 111 Å². The van der Waals surface area contributed by atoms with Crippen molar-refractivity contribution in [1.82, 2.24) is 15.5 Å². The van der Waals surface area contributed by atoms with Crippen molar-refractivity contribution < 1.29 is 4.52 Å². The summed E-state index contributed by atoms with van der Waals surface area (Å²) in [7, 11) is 0. The van der Waals surface area contributed by atoms with Gasteiger partial charge < -0.3 is 9.84 Å². The largest absolute Gasteiger partial charge is 0.339 e. The second-order valence-electron chi connectivity index (χ2n) is 4.35. The molecule has 5 heteroatoms. The maximum absolute atomic E-state index is 6.08. The van der Waals surface area contributed by atoms with Gasteiger partial charge in [0.2, 0.25) is 11.7 Å². The van der Waals surface area contributed by atoms with Crippen molar-refractivity contribution in [2.24, 2.45) is 0 Å². The normalized spacial score (nSPS) is 11.1. The molecule has 0 spiro atoms. The molecule has 1 aromatic heterocycles. The van der Waals surface area contributed by atoms with E-state index in [1.165, 1.54) is 0 Å². The fourth-order valence-electron chi connectivity index (χ4n) is 1.58. The summed E-state index contributed by atoms with van der Waals surface area (Å²) in [4.78, 5) is 4.34. The summed E-state index contributed by atoms with van der Waals surface area (Å²) in [6.45, 7) is 5.02. The van der Waals surface area contributed by atoms with Gasteiger partial charge in [0, 0.05) is 24.6 Å². The molecule has 0 saturated heterocycles. The Kier molecular flexibility index (Phi) is 4.33. The molecule has 0 aliphatic rings. The SMILES string of the molecule is CC(C)NCCc1nc(-c2ccccc2Cl)no1. The molecule has 96 valence electrons. The fourth-order valence-corrected chi connectivity index (χ4v) is 1.80. The molecule has 0 radical (unpaired) electrons. The summed E-state index contributed by atoms with van der Waals surface area (Å²) in [6, 6.07) is 7.92. The van der Waals surface area contributed by atoms with Crippen LogP contribution in [0.25, 0.3) is 11.4 Å². The first kappa shape index (κ1) is 13.1. The van der Waals surface area contributed by atoms with E-state index in [9.17, 15) is 0 Å². The van der Waals surface area contributed by atoms with Gasteiger partial charge in [0.05, 0.1) is 5.02 Å². The van der Waals surface area contributed by atoms with Crippen molar-refractivity contribution in [1.29, 1.82) is 0 Å². The summed E-state index contributed by atoms with van der Waals surface area (Å²) >= 11 is 6.08. The highest BCUT2D eigenvalue weighted by molar-refractivity contribution is 6.33. The van der Waals surface area contributed by atoms with E-state index in [2.05, 4.69) is 29.3 Å². The zero-order valence-corrected chi connectivity index (χ0v) is 11.2. The average molecular weight is 266 g/mol. The van der Waals surface area contributed by atoms with E-state index in [-0.39, 0.29) is 0 Å². The maximum Gasteiger partial charge on any atom is 0.228 e. The minimum atomic E-state index is 0.455. The molecule has 2 aromatic rings. The number of benzene rings is 1. The fraction of sp³-hybridized carbons (Fsp3) is 0.385. The molecule has 0 unspecified atom stereocenters. The minimum Gasteiger partial charge on any atom is -0.339 e. The Morgan fingerprint density at radius 2 is 2.11 bits per heavy atom. The molecule has 1 heterocycles. The summed E-state index contributed by atoms with van der Waals surface area (Å²) in [5.74, 6) is 1.17. The van der Waals surface area contributed by atoms with E-state index in [4.69, 9.17) is 16.1 Å². The predicted molar refractivity (Wildman–Crippen MR) is 71.6 cm³/mol. The highest BCUT2D eigenvalue weighted by Gasteiger charge is 2.10. The van der Waals surface area contributed by atoms with E-state index in [1.807, 2.05) is 24.3 Å². The van der Waals surface area contributed by atoms with Crippen molar-refractivity contribution in [3.63, 3.8) is 0 Å². The Morgan fingerprint density at radius 3 is 2.83 bits per heavy atom. The Morgan fingerprint density at radius 1 is 1.33 bits per heavy atom. The molecule has 0 bridgehead atoms. The number of halogens is 1. The van der Waals surface area contributed by atoms with Crippen LogP contribution in [0.5, 0.6) is 0 Å². The minimum absolute atomic E-state index is 0.455. The van der Waals surface area contributed by atoms with E-state index in [0.29, 0.717) is 22.8 Å². The standard InChI is InChI=1S/C13H16ClN3O/c1-9(2)15-8-7-12-16-13(17-18-12)10-5-3-4-6-11(10)14/h3-6,9,15H,7-8H2,1-2H3. The van der Waals surface area contributed by atoms with Crippen LogP contribution in [0.3, 0.4) is 0 Å². The molecule has 0 aliphatic carbocycles. The summed E-state index contributed by atoms with van der Waals surface area (Å²) in [5.41, 5.74) is 0.797. The van der Waals surface area contributed by atoms with Crippen LogP contribution in [0.2, 0.25) is 5.02 Å². The van der Waals surface area contributed by atoms with Crippen LogP contribution in [-0.2, 0) is 6.42 Å². The monoisotopic (exact) mass is 265 g/mol. The van der Waals surface area contributed by atoms with Crippen molar-refractivity contribution >= 4 is 11.6 Å². The molecule has 1 N–H and O–H groups in total. The molecule has 1 aromatic carbocycles. The number of nitrogens with zero attached hydrogens (tertiary/aromatic N) is 2. The van der Waals surface area contributed by atoms with Gasteiger partial charge >= 0.3 is 0 Å². The van der Waals surface area contributed by atoms with E-state index < -0.39 is 0 Å². The summed E-state index contributed by atoms with van der Waals surface area (Å²) in [6.07, 6.45) is 0.718. The van der Waals surface area contributed by atoms with Crippen molar-refractivity contribution in [3.8, 4) is 11.4 Å². The number of aromatic nitrogens is 2. The van der Waals surface area contributed by atoms with Gasteiger partial charge in [-0.15, -0.1) is 0 Å². The Balaban J connectivity index is 2.04. The van der Waals surface area contributed by atoms with Gasteiger partial charge in [0.15, 0.2) is 0 Å². The smallest absolute Gasteiger partial charge is 0.228 e. The van der Waals surface area contributed by atoms with Gasteiger partial charge in [-0.3, -0.25) is 0 Å². The lowest BCUT2D eigenvalue weighted by molar-refractivity contribution is 0.374. The topological polar surface area (TPSA) is 51.0 Å². The number of nitrogens with one attached hydrogen (secondary N) is 1. The maximum atomic E-state index is 6.08. The highest BCUT2D eigenvalue weighted by Crippen LogP contribution is 2.24. The second-order valence-corrected chi connectivity index (χ2v) is 4.76. The van der Waals surface area contributed by atoms with Crippen LogP contribution in [0.1, 0.15) is 19.7 Å². The lowest BCUT2D eigenvalue weighted by Gasteiger charge is -2.04. The van der Waals surface area contributed by atoms with Gasteiger partial charge in [-0.25, -0.2) is 0 Å². The first-order valence-corrected chi connectivity index (χ1v) is 6.35. The molecule has 2 rings (SSSR count). The number of hydrogen-bond donors (Lipinski definition) is 1. The molecular formula is C13H16ClN3O. The Hall–Kier alpha value is -1.39. The molecule has 0 atom stereocenters. The highest BCUT2D eigenvalue weighted by atomic mass is 35.5. The van der Waals surface area contributed by atoms with Gasteiger partial charge in [0.1, 0.15) is 0 Å². The van der Waals surface area contributed by atoms with Gasteiger partial charge in [-0.05, 0) is 12.1 Å². The van der Waals surface area contributed by atoms with Crippen LogP contribution >= 0.6 is 11.6 Å². The van der Waals surface area contributed by atoms with Crippen LogP contribution in [0.4, 0.5) is 0 Å². The lowest BCUT2D eigenvalue weighted by atomic mass is 10.2. The first-order valence-electron chi connectivity index (χ1n) is 5.97. The third-order valence-corrected chi connectivity index (χ3v) is 2.80. The summed E-state index contributed by atoms with van der Waals surface area (Å²) in [5, 5.41) is 7.88. The van der Waals surface area contributed by atoms with Crippen LogP contribution in [0, 0.1) is 0 Å². The molecule has 0 aliphatic heterocycles. The predicted octanol–water partition coefficient (Wildman–Crippen LogP) is 2.93. The third-order valence-electron chi connectivity index (χ3n) is 2.47. The van der Waals surface area contributed by atoms with Crippen molar-refractivity contribution in [3.05, 3.63) is 35.2 Å². The quantitative estimate of drug-likeness (QED) is 0.903. The van der Waals surface area contributed by atoms with E-state index in [1.54, 1.807) is 0 Å². The zero-order chi connectivity index (χ0) is 13.0. The lowest BCUT2D eigenvalue weighted by Crippen LogP contribution is -2.25. The van der Waals surface area contributed by atoms with Gasteiger partial charge in [0.25, 0.3) is 0 Å². The van der Waals surface area contributed by atoms with Gasteiger partial charge in [-0.2, -0.15) is 4.98 Å². The number of hydrogen-bond acceptors (Lipinski definition) is 4. The molecular weight excluding hydrogens is 250 g/mol. The molecule has 4 nitrogen and oxygen atoms in total. The van der Waals surface area contributed by atoms with Crippen molar-refractivity contribution in [2.75, 3.05) is 6.54 Å². The third kappa shape index (κ3) is 3.31. The van der Waals surface area contributed by atoms with Gasteiger partial charge in [-0.1, -0.05) is 42.7 Å². The van der Waals surface area contributed by atoms with Crippen LogP contribution in [0.15, 0.2) is 28.8 Å². The molecule has 0 amide bonds. The van der Waals surface area contributed by atoms with Crippen LogP contribution in [-0.4, -0.2) is 22.7 Å². The van der Waals surface area contributed by atoms with E-state index >= 15 is 0 Å². The van der Waals surface area contributed by atoms with Crippen LogP contribution < -0.4 is 5.32 Å². The van der Waals surface area contributed by atoms with Crippen molar-refractivity contribution in [2.45, 2.75) is 26.3 Å². The molecule has 18 heavy (non-hydrogen) atoms. The zero-order valence-electron chi connectivity index (χ0n) is 10.5. The Bertz CT molecular complexity index is 510. The molecule has 0 fully saturated rings. The van der Waals surface area contributed by atoms with E-state index in [0.717, 1.165) is 18.5 Å². The second kappa shape index (κ2) is 5.98. The molecule has 0 saturated carbocycles. The average Bonchev–Trinajstić information content (AvgIpc) is 2.78. The summed E-state index contributed by atoms with van der Waals surface area (Å²) < 4.78 is 5.20.